The molecule has 0 unspecified atom stereocenters. The van der Waals surface area contributed by atoms with Crippen LogP contribution in [-0.2, 0) is 9.59 Å². The first kappa shape index (κ1) is 18.0. The summed E-state index contributed by atoms with van der Waals surface area (Å²) >= 11 is 0. The van der Waals surface area contributed by atoms with E-state index in [0.29, 0.717) is 18.8 Å². The monoisotopic (exact) mass is 331 g/mol. The fourth-order valence-electron chi connectivity index (χ4n) is 2.89. The van der Waals surface area contributed by atoms with E-state index in [1.807, 2.05) is 20.8 Å². The van der Waals surface area contributed by atoms with E-state index in [9.17, 15) is 14.4 Å². The van der Waals surface area contributed by atoms with Gasteiger partial charge in [-0.2, -0.15) is 0 Å². The predicted molar refractivity (Wildman–Crippen MR) is 92.3 cm³/mol. The molecule has 1 aliphatic heterocycles. The molecule has 0 saturated carbocycles. The smallest absolute Gasteiger partial charge is 0.250 e. The first-order valence-corrected chi connectivity index (χ1v) is 8.19. The van der Waals surface area contributed by atoms with Gasteiger partial charge in [-0.3, -0.25) is 14.4 Å². The Hall–Kier alpha value is -2.37. The van der Waals surface area contributed by atoms with Crippen LogP contribution in [0.2, 0.25) is 0 Å². The second kappa shape index (κ2) is 7.03. The van der Waals surface area contributed by atoms with Crippen LogP contribution in [-0.4, -0.2) is 35.7 Å². The van der Waals surface area contributed by atoms with Crippen LogP contribution in [0.3, 0.4) is 0 Å². The van der Waals surface area contributed by atoms with E-state index in [1.54, 1.807) is 29.2 Å². The Kier molecular flexibility index (Phi) is 5.26. The second-order valence-electron chi connectivity index (χ2n) is 7.24. The van der Waals surface area contributed by atoms with Crippen molar-refractivity contribution in [3.8, 4) is 0 Å². The minimum atomic E-state index is -0.584. The van der Waals surface area contributed by atoms with E-state index in [0.717, 1.165) is 12.8 Å². The molecule has 0 bridgehead atoms. The van der Waals surface area contributed by atoms with Crippen molar-refractivity contribution in [3.05, 3.63) is 29.8 Å². The lowest BCUT2D eigenvalue weighted by Gasteiger charge is -2.35. The number of hydrogen-bond acceptors (Lipinski definition) is 3. The van der Waals surface area contributed by atoms with Gasteiger partial charge in [-0.05, 0) is 25.0 Å². The summed E-state index contributed by atoms with van der Waals surface area (Å²) < 4.78 is 0. The fourth-order valence-corrected chi connectivity index (χ4v) is 2.89. The van der Waals surface area contributed by atoms with Gasteiger partial charge >= 0.3 is 0 Å². The maximum absolute atomic E-state index is 12.6. The number of nitrogens with two attached hydrogens (primary N) is 1. The van der Waals surface area contributed by atoms with Crippen LogP contribution in [0.25, 0.3) is 0 Å². The molecule has 0 spiro atoms. The van der Waals surface area contributed by atoms with Gasteiger partial charge < -0.3 is 16.0 Å². The van der Waals surface area contributed by atoms with Crippen LogP contribution >= 0.6 is 0 Å². The zero-order chi connectivity index (χ0) is 17.9. The van der Waals surface area contributed by atoms with Crippen LogP contribution in [0.5, 0.6) is 0 Å². The number of carbonyl (C=O) groups excluding carboxylic acids is 3. The number of amides is 3. The number of likely N-dealkylation sites (tertiary alicyclic amines) is 1. The maximum atomic E-state index is 12.6. The Bertz CT molecular complexity index is 649. The number of piperidine rings is 1. The van der Waals surface area contributed by atoms with Gasteiger partial charge in [-0.15, -0.1) is 0 Å². The zero-order valence-electron chi connectivity index (χ0n) is 14.5. The number of nitrogens with zero attached hydrogens (tertiary/aromatic N) is 1. The summed E-state index contributed by atoms with van der Waals surface area (Å²) in [6, 6.07) is 6.66. The fraction of sp³-hybridized carbons (Fsp3) is 0.500. The van der Waals surface area contributed by atoms with Crippen LogP contribution in [0.15, 0.2) is 24.3 Å². The number of carbonyl (C=O) groups is 3. The molecule has 3 N–H and O–H groups in total. The third-order valence-corrected chi connectivity index (χ3v) is 4.17. The molecule has 6 nitrogen and oxygen atoms in total. The summed E-state index contributed by atoms with van der Waals surface area (Å²) in [6.07, 6.45) is 1.51. The highest BCUT2D eigenvalue weighted by Crippen LogP contribution is 2.25. The van der Waals surface area contributed by atoms with Crippen molar-refractivity contribution in [2.45, 2.75) is 33.6 Å². The van der Waals surface area contributed by atoms with Crippen molar-refractivity contribution in [3.63, 3.8) is 0 Å². The predicted octanol–water partition coefficient (Wildman–Crippen LogP) is 2.01. The standard InChI is InChI=1S/C18H25N3O3/c1-18(2,3)17(24)21-10-6-7-12(11-21)16(23)20-14-9-5-4-8-13(14)15(19)22/h4-5,8-9,12H,6-7,10-11H2,1-3H3,(H2,19,22)(H,20,23)/t12-/m1/s1. The third kappa shape index (κ3) is 4.13. The molecule has 1 aromatic carbocycles. The Morgan fingerprint density at radius 3 is 2.50 bits per heavy atom. The molecular formula is C18H25N3O3. The number of nitrogens with one attached hydrogen (secondary N) is 1. The number of benzene rings is 1. The highest BCUT2D eigenvalue weighted by atomic mass is 16.2. The zero-order valence-corrected chi connectivity index (χ0v) is 14.5. The molecule has 6 heteroatoms. The van der Waals surface area contributed by atoms with Crippen LogP contribution < -0.4 is 11.1 Å². The molecule has 0 aliphatic carbocycles. The molecule has 1 heterocycles. The molecule has 1 fully saturated rings. The first-order valence-electron chi connectivity index (χ1n) is 8.19. The third-order valence-electron chi connectivity index (χ3n) is 4.17. The summed E-state index contributed by atoms with van der Waals surface area (Å²) in [4.78, 5) is 38.2. The average molecular weight is 331 g/mol. The summed E-state index contributed by atoms with van der Waals surface area (Å²) in [5.74, 6) is -1.00. The van der Waals surface area contributed by atoms with Crippen molar-refractivity contribution in [2.75, 3.05) is 18.4 Å². The largest absolute Gasteiger partial charge is 0.366 e. The van der Waals surface area contributed by atoms with Gasteiger partial charge in [0.15, 0.2) is 0 Å². The Morgan fingerprint density at radius 2 is 1.88 bits per heavy atom. The number of rotatable bonds is 3. The first-order chi connectivity index (χ1) is 11.2. The van der Waals surface area contributed by atoms with Gasteiger partial charge in [0.2, 0.25) is 11.8 Å². The highest BCUT2D eigenvalue weighted by molar-refractivity contribution is 6.03. The van der Waals surface area contributed by atoms with E-state index in [1.165, 1.54) is 0 Å². The van der Waals surface area contributed by atoms with Crippen molar-refractivity contribution in [1.29, 1.82) is 0 Å². The SMILES string of the molecule is CC(C)(C)C(=O)N1CCC[C@@H](C(=O)Nc2ccccc2C(N)=O)C1. The number of para-hydroxylation sites is 1. The lowest BCUT2D eigenvalue weighted by molar-refractivity contribution is -0.142. The van der Waals surface area contributed by atoms with E-state index in [-0.39, 0.29) is 23.3 Å². The minimum Gasteiger partial charge on any atom is -0.366 e. The summed E-state index contributed by atoms with van der Waals surface area (Å²) in [6.45, 7) is 6.71. The summed E-state index contributed by atoms with van der Waals surface area (Å²) in [5, 5.41) is 2.78. The molecule has 1 saturated heterocycles. The topological polar surface area (TPSA) is 92.5 Å². The van der Waals surface area contributed by atoms with Gasteiger partial charge in [0.05, 0.1) is 17.2 Å². The second-order valence-corrected chi connectivity index (χ2v) is 7.24. The van der Waals surface area contributed by atoms with Crippen molar-refractivity contribution >= 4 is 23.4 Å². The molecule has 2 rings (SSSR count). The minimum absolute atomic E-state index is 0.0533. The molecule has 1 aromatic rings. The molecule has 3 amide bonds. The Morgan fingerprint density at radius 1 is 1.21 bits per heavy atom. The van der Waals surface area contributed by atoms with E-state index < -0.39 is 11.3 Å². The molecule has 1 atom stereocenters. The van der Waals surface area contributed by atoms with Gasteiger partial charge in [-0.25, -0.2) is 0 Å². The molecule has 0 radical (unpaired) electrons. The van der Waals surface area contributed by atoms with Crippen LogP contribution in [0.1, 0.15) is 44.0 Å². The summed E-state index contributed by atoms with van der Waals surface area (Å²) in [7, 11) is 0. The lowest BCUT2D eigenvalue weighted by Crippen LogP contribution is -2.47. The number of hydrogen-bond donors (Lipinski definition) is 2. The van der Waals surface area contributed by atoms with Gasteiger partial charge in [-0.1, -0.05) is 32.9 Å². The number of anilines is 1. The maximum Gasteiger partial charge on any atom is 0.250 e. The molecular weight excluding hydrogens is 306 g/mol. The Balaban J connectivity index is 2.08. The van der Waals surface area contributed by atoms with Gasteiger partial charge in [0.25, 0.3) is 5.91 Å². The van der Waals surface area contributed by atoms with Gasteiger partial charge in [0.1, 0.15) is 0 Å². The molecule has 0 aromatic heterocycles. The molecule has 24 heavy (non-hydrogen) atoms. The Labute approximate surface area is 142 Å². The quantitative estimate of drug-likeness (QED) is 0.887. The van der Waals surface area contributed by atoms with E-state index in [4.69, 9.17) is 5.73 Å². The van der Waals surface area contributed by atoms with Crippen LogP contribution in [0, 0.1) is 11.3 Å². The molecule has 1 aliphatic rings. The molecule has 130 valence electrons. The van der Waals surface area contributed by atoms with Crippen molar-refractivity contribution in [2.24, 2.45) is 17.1 Å². The van der Waals surface area contributed by atoms with Crippen LogP contribution in [0.4, 0.5) is 5.69 Å². The number of primary amides is 1. The van der Waals surface area contributed by atoms with Crippen molar-refractivity contribution < 1.29 is 14.4 Å². The lowest BCUT2D eigenvalue weighted by atomic mass is 9.91. The average Bonchev–Trinajstić information content (AvgIpc) is 2.53. The van der Waals surface area contributed by atoms with Gasteiger partial charge in [0, 0.05) is 18.5 Å². The van der Waals surface area contributed by atoms with Crippen molar-refractivity contribution in [1.82, 2.24) is 4.90 Å². The highest BCUT2D eigenvalue weighted by Gasteiger charge is 2.33. The van der Waals surface area contributed by atoms with E-state index in [2.05, 4.69) is 5.32 Å². The summed E-state index contributed by atoms with van der Waals surface area (Å²) in [5.41, 5.74) is 5.57. The normalized spacial score (nSPS) is 18.1. The van der Waals surface area contributed by atoms with E-state index >= 15 is 0 Å².